The molecule has 0 saturated carbocycles. The van der Waals surface area contributed by atoms with E-state index >= 15 is 0 Å². The quantitative estimate of drug-likeness (QED) is 0.780. The molecular weight excluding hydrogens is 217 g/mol. The first kappa shape index (κ1) is 12.3. The van der Waals surface area contributed by atoms with Crippen molar-refractivity contribution < 1.29 is 9.50 Å². The van der Waals surface area contributed by atoms with Crippen LogP contribution in [0.5, 0.6) is 5.75 Å². The minimum absolute atomic E-state index is 0.00954. The molecule has 15 heavy (non-hydrogen) atoms. The first-order valence-corrected chi connectivity index (χ1v) is 5.04. The Morgan fingerprint density at radius 3 is 2.40 bits per heavy atom. The second-order valence-corrected chi connectivity index (χ2v) is 5.08. The normalized spacial score (nSPS) is 14.0. The third-order valence-electron chi connectivity index (χ3n) is 2.33. The van der Waals surface area contributed by atoms with Crippen molar-refractivity contribution in [2.24, 2.45) is 11.1 Å². The molecule has 0 aliphatic rings. The van der Waals surface area contributed by atoms with E-state index < -0.39 is 11.9 Å². The predicted molar refractivity (Wildman–Crippen MR) is 59.5 cm³/mol. The zero-order valence-electron chi connectivity index (χ0n) is 9.01. The maximum Gasteiger partial charge on any atom is 0.139 e. The molecule has 1 aromatic carbocycles. The maximum absolute atomic E-state index is 13.1. The fourth-order valence-electron chi connectivity index (χ4n) is 1.29. The molecule has 0 radical (unpaired) electrons. The molecule has 0 saturated heterocycles. The van der Waals surface area contributed by atoms with Gasteiger partial charge in [0.25, 0.3) is 0 Å². The number of phenols is 1. The summed E-state index contributed by atoms with van der Waals surface area (Å²) in [5.41, 5.74) is 6.00. The molecule has 0 heterocycles. The minimum Gasteiger partial charge on any atom is -0.506 e. The molecule has 4 heteroatoms. The van der Waals surface area contributed by atoms with Gasteiger partial charge in [-0.05, 0) is 17.5 Å². The lowest BCUT2D eigenvalue weighted by Gasteiger charge is -2.28. The van der Waals surface area contributed by atoms with Crippen LogP contribution >= 0.6 is 11.6 Å². The van der Waals surface area contributed by atoms with Crippen molar-refractivity contribution in [1.82, 2.24) is 0 Å². The van der Waals surface area contributed by atoms with E-state index in [2.05, 4.69) is 0 Å². The second kappa shape index (κ2) is 3.99. The number of hydrogen-bond donors (Lipinski definition) is 2. The number of hydrogen-bond acceptors (Lipinski definition) is 2. The van der Waals surface area contributed by atoms with Crippen LogP contribution in [0.1, 0.15) is 32.4 Å². The van der Waals surface area contributed by atoms with E-state index in [1.54, 1.807) is 0 Å². The highest BCUT2D eigenvalue weighted by Crippen LogP contribution is 2.38. The van der Waals surface area contributed by atoms with Crippen molar-refractivity contribution in [2.45, 2.75) is 26.8 Å². The van der Waals surface area contributed by atoms with Crippen molar-refractivity contribution in [3.63, 3.8) is 0 Å². The zero-order valence-corrected chi connectivity index (χ0v) is 9.77. The van der Waals surface area contributed by atoms with Gasteiger partial charge in [-0.3, -0.25) is 0 Å². The minimum atomic E-state index is -0.493. The highest BCUT2D eigenvalue weighted by atomic mass is 35.5. The topological polar surface area (TPSA) is 46.2 Å². The fourth-order valence-corrected chi connectivity index (χ4v) is 1.50. The fraction of sp³-hybridized carbons (Fsp3) is 0.455. The molecule has 0 unspecified atom stereocenters. The van der Waals surface area contributed by atoms with Gasteiger partial charge < -0.3 is 10.8 Å². The molecule has 0 spiro atoms. The maximum atomic E-state index is 13.1. The number of aromatic hydroxyl groups is 1. The summed E-state index contributed by atoms with van der Waals surface area (Å²) >= 11 is 5.67. The van der Waals surface area contributed by atoms with Gasteiger partial charge in [-0.15, -0.1) is 0 Å². The highest BCUT2D eigenvalue weighted by Gasteiger charge is 2.26. The van der Waals surface area contributed by atoms with Gasteiger partial charge >= 0.3 is 0 Å². The molecule has 0 aliphatic carbocycles. The smallest absolute Gasteiger partial charge is 0.139 e. The van der Waals surface area contributed by atoms with E-state index in [0.717, 1.165) is 6.07 Å². The van der Waals surface area contributed by atoms with Gasteiger partial charge in [-0.1, -0.05) is 32.4 Å². The second-order valence-electron chi connectivity index (χ2n) is 4.67. The van der Waals surface area contributed by atoms with E-state index in [0.29, 0.717) is 5.56 Å². The number of phenolic OH excluding ortho intramolecular Hbond substituents is 1. The molecule has 0 aromatic heterocycles. The number of rotatable bonds is 1. The van der Waals surface area contributed by atoms with Crippen LogP contribution in [0.15, 0.2) is 12.1 Å². The first-order chi connectivity index (χ1) is 6.73. The molecule has 84 valence electrons. The molecule has 0 fully saturated rings. The van der Waals surface area contributed by atoms with E-state index in [9.17, 15) is 9.50 Å². The highest BCUT2D eigenvalue weighted by molar-refractivity contribution is 6.32. The standard InChI is InChI=1S/C11H15ClFNO/c1-11(2,3)10(14)7-4-6(13)5-8(12)9(7)15/h4-5,10,15H,14H2,1-3H3/t10-/m0/s1. The lowest BCUT2D eigenvalue weighted by Crippen LogP contribution is -2.26. The molecule has 1 atom stereocenters. The largest absolute Gasteiger partial charge is 0.506 e. The monoisotopic (exact) mass is 231 g/mol. The molecule has 1 rings (SSSR count). The Kier molecular flexibility index (Phi) is 3.26. The van der Waals surface area contributed by atoms with E-state index in [-0.39, 0.29) is 16.2 Å². The van der Waals surface area contributed by atoms with Gasteiger partial charge in [0.15, 0.2) is 0 Å². The lowest BCUT2D eigenvalue weighted by atomic mass is 9.83. The van der Waals surface area contributed by atoms with Crippen molar-refractivity contribution >= 4 is 11.6 Å². The SMILES string of the molecule is CC(C)(C)[C@@H](N)c1cc(F)cc(Cl)c1O. The Morgan fingerprint density at radius 2 is 1.93 bits per heavy atom. The van der Waals surface area contributed by atoms with Crippen molar-refractivity contribution in [3.05, 3.63) is 28.5 Å². The molecule has 0 amide bonds. The van der Waals surface area contributed by atoms with Crippen LogP contribution in [0.25, 0.3) is 0 Å². The Hall–Kier alpha value is -0.800. The van der Waals surface area contributed by atoms with Gasteiger partial charge in [0.2, 0.25) is 0 Å². The van der Waals surface area contributed by atoms with Crippen LogP contribution in [0.3, 0.4) is 0 Å². The van der Waals surface area contributed by atoms with E-state index in [4.69, 9.17) is 17.3 Å². The zero-order chi connectivity index (χ0) is 11.8. The molecule has 1 aromatic rings. The molecular formula is C11H15ClFNO. The third-order valence-corrected chi connectivity index (χ3v) is 2.61. The molecule has 0 bridgehead atoms. The molecule has 2 nitrogen and oxygen atoms in total. The Morgan fingerprint density at radius 1 is 1.40 bits per heavy atom. The van der Waals surface area contributed by atoms with Crippen LogP contribution in [0.4, 0.5) is 4.39 Å². The number of halogens is 2. The van der Waals surface area contributed by atoms with E-state index in [1.165, 1.54) is 6.07 Å². The van der Waals surface area contributed by atoms with Crippen LogP contribution in [0.2, 0.25) is 5.02 Å². The van der Waals surface area contributed by atoms with Crippen LogP contribution < -0.4 is 5.73 Å². The van der Waals surface area contributed by atoms with Crippen LogP contribution in [0, 0.1) is 11.2 Å². The number of nitrogens with two attached hydrogens (primary N) is 1. The van der Waals surface area contributed by atoms with Crippen LogP contribution in [-0.4, -0.2) is 5.11 Å². The summed E-state index contributed by atoms with van der Waals surface area (Å²) in [7, 11) is 0. The third kappa shape index (κ3) is 2.61. The first-order valence-electron chi connectivity index (χ1n) is 4.67. The van der Waals surface area contributed by atoms with Crippen molar-refractivity contribution in [2.75, 3.05) is 0 Å². The summed E-state index contributed by atoms with van der Waals surface area (Å²) in [6, 6.07) is 1.82. The average molecular weight is 232 g/mol. The number of benzene rings is 1. The molecule has 3 N–H and O–H groups in total. The summed E-state index contributed by atoms with van der Waals surface area (Å²) in [6.07, 6.45) is 0. The Balaban J connectivity index is 3.25. The average Bonchev–Trinajstić information content (AvgIpc) is 2.08. The summed E-state index contributed by atoms with van der Waals surface area (Å²) in [5.74, 6) is -0.631. The molecule has 0 aliphatic heterocycles. The predicted octanol–water partition coefficient (Wildman–Crippen LogP) is 3.23. The van der Waals surface area contributed by atoms with Gasteiger partial charge in [-0.2, -0.15) is 0 Å². The Labute approximate surface area is 93.9 Å². The van der Waals surface area contributed by atoms with Gasteiger partial charge in [-0.25, -0.2) is 4.39 Å². The van der Waals surface area contributed by atoms with Crippen LogP contribution in [-0.2, 0) is 0 Å². The van der Waals surface area contributed by atoms with Gasteiger partial charge in [0.05, 0.1) is 5.02 Å². The van der Waals surface area contributed by atoms with Crippen molar-refractivity contribution in [1.29, 1.82) is 0 Å². The summed E-state index contributed by atoms with van der Waals surface area (Å²) < 4.78 is 13.1. The summed E-state index contributed by atoms with van der Waals surface area (Å²) in [5, 5.41) is 9.67. The summed E-state index contributed by atoms with van der Waals surface area (Å²) in [6.45, 7) is 5.74. The Bertz CT molecular complexity index is 374. The summed E-state index contributed by atoms with van der Waals surface area (Å²) in [4.78, 5) is 0. The van der Waals surface area contributed by atoms with Gasteiger partial charge in [0.1, 0.15) is 11.6 Å². The lowest BCUT2D eigenvalue weighted by molar-refractivity contribution is 0.317. The van der Waals surface area contributed by atoms with Crippen molar-refractivity contribution in [3.8, 4) is 5.75 Å². The van der Waals surface area contributed by atoms with E-state index in [1.807, 2.05) is 20.8 Å². The van der Waals surface area contributed by atoms with Gasteiger partial charge in [0, 0.05) is 11.6 Å².